The number of aldehydes is 1. The summed E-state index contributed by atoms with van der Waals surface area (Å²) in [4.78, 5) is 21.1. The van der Waals surface area contributed by atoms with Gasteiger partial charge in [-0.2, -0.15) is 0 Å². The molecule has 0 heterocycles. The van der Waals surface area contributed by atoms with E-state index in [2.05, 4.69) is 5.32 Å². The summed E-state index contributed by atoms with van der Waals surface area (Å²) in [5, 5.41) is 38.2. The van der Waals surface area contributed by atoms with E-state index in [9.17, 15) is 19.8 Å². The van der Waals surface area contributed by atoms with Crippen molar-refractivity contribution in [2.45, 2.75) is 31.3 Å². The quantitative estimate of drug-likeness (QED) is 0.183. The fourth-order valence-electron chi connectivity index (χ4n) is 0.983. The van der Waals surface area contributed by atoms with E-state index in [-0.39, 0.29) is 6.29 Å². The van der Waals surface area contributed by atoms with Gasteiger partial charge in [0.2, 0.25) is 5.91 Å². The van der Waals surface area contributed by atoms with Gasteiger partial charge in [-0.3, -0.25) is 4.79 Å². The van der Waals surface area contributed by atoms with Crippen LogP contribution in [0.1, 0.15) is 6.92 Å². The third kappa shape index (κ3) is 4.34. The predicted octanol–water partition coefficient (Wildman–Crippen LogP) is -3.23. The summed E-state index contributed by atoms with van der Waals surface area (Å²) in [6.07, 6.45) is -4.72. The number of aliphatic hydroxyl groups is 4. The van der Waals surface area contributed by atoms with Crippen LogP contribution >= 0.6 is 0 Å². The van der Waals surface area contributed by atoms with Crippen molar-refractivity contribution >= 4 is 12.2 Å². The van der Waals surface area contributed by atoms with Gasteiger partial charge in [0, 0.05) is 6.92 Å². The van der Waals surface area contributed by atoms with Gasteiger partial charge in [0.25, 0.3) is 0 Å². The molecule has 0 spiro atoms. The van der Waals surface area contributed by atoms with E-state index < -0.39 is 36.9 Å². The van der Waals surface area contributed by atoms with Crippen molar-refractivity contribution in [1.82, 2.24) is 5.32 Å². The van der Waals surface area contributed by atoms with E-state index in [1.54, 1.807) is 0 Å². The monoisotopic (exact) mass is 223 g/mol. The molecule has 0 fully saturated rings. The Hall–Kier alpha value is -1.02. The van der Waals surface area contributed by atoms with Gasteiger partial charge in [0.1, 0.15) is 30.6 Å². The number of carbonyl (C=O) groups is 2. The second-order valence-electron chi connectivity index (χ2n) is 3.09. The number of rotatable bonds is 6. The summed E-state index contributed by atoms with van der Waals surface area (Å²) >= 11 is 0. The topological polar surface area (TPSA) is 127 Å². The van der Waals surface area contributed by atoms with Gasteiger partial charge in [-0.15, -0.1) is 0 Å². The first-order chi connectivity index (χ1) is 6.93. The molecule has 0 unspecified atom stereocenters. The van der Waals surface area contributed by atoms with Gasteiger partial charge >= 0.3 is 0 Å². The Morgan fingerprint density at radius 2 is 1.87 bits per heavy atom. The van der Waals surface area contributed by atoms with E-state index in [1.807, 2.05) is 0 Å². The molecular weight excluding hydrogens is 208 g/mol. The second kappa shape index (κ2) is 6.46. The number of aliphatic hydroxyl groups excluding tert-OH is 4. The van der Waals surface area contributed by atoms with Gasteiger partial charge in [-0.25, -0.2) is 0 Å². The Balaban J connectivity index is 4.42. The molecule has 88 valence electrons. The average molecular weight is 223 g/mol. The first-order valence-electron chi connectivity index (χ1n) is 4.31. The lowest BCUT2D eigenvalue weighted by molar-refractivity contribution is -0.129. The third-order valence-electron chi connectivity index (χ3n) is 1.82. The largest absolute Gasteiger partial charge is 0.394 e. The van der Waals surface area contributed by atoms with Gasteiger partial charge in [-0.05, 0) is 0 Å². The highest BCUT2D eigenvalue weighted by atomic mass is 16.4. The molecule has 7 nitrogen and oxygen atoms in total. The molecule has 15 heavy (non-hydrogen) atoms. The summed E-state index contributed by atoms with van der Waals surface area (Å²) in [6, 6.07) is -1.32. The molecule has 0 aromatic heterocycles. The molecule has 5 N–H and O–H groups in total. The molecule has 4 atom stereocenters. The first-order valence-corrected chi connectivity index (χ1v) is 4.31. The molecule has 0 aromatic rings. The Bertz CT molecular complexity index is 221. The molecule has 0 rings (SSSR count). The van der Waals surface area contributed by atoms with Crippen LogP contribution in [0, 0.1) is 0 Å². The smallest absolute Gasteiger partial charge is 0.217 e. The SMILES string of the molecule is CC(=O)[15NH][C@@H]([13CH]=O)[C@@H](O)[C@H](O)[C@H](O)CO. The van der Waals surface area contributed by atoms with E-state index in [1.165, 1.54) is 0 Å². The van der Waals surface area contributed by atoms with Crippen molar-refractivity contribution < 1.29 is 30.0 Å². The maximum Gasteiger partial charge on any atom is 0.217 e. The lowest BCUT2D eigenvalue weighted by Crippen LogP contribution is -2.53. The summed E-state index contributed by atoms with van der Waals surface area (Å²) in [5.41, 5.74) is 0. The third-order valence-corrected chi connectivity index (χ3v) is 1.82. The lowest BCUT2D eigenvalue weighted by atomic mass is 10.1. The number of carbonyl (C=O) groups excluding carboxylic acids is 2. The predicted molar refractivity (Wildman–Crippen MR) is 48.8 cm³/mol. The van der Waals surface area contributed by atoms with Crippen molar-refractivity contribution in [3.63, 3.8) is 0 Å². The number of amides is 1. The zero-order chi connectivity index (χ0) is 12.0. The molecule has 0 saturated carbocycles. The summed E-state index contributed by atoms with van der Waals surface area (Å²) < 4.78 is 0. The highest BCUT2D eigenvalue weighted by Gasteiger charge is 2.31. The fourth-order valence-corrected chi connectivity index (χ4v) is 0.983. The Labute approximate surface area is 86.3 Å². The summed E-state index contributed by atoms with van der Waals surface area (Å²) in [7, 11) is 0. The molecule has 0 aromatic carbocycles. The van der Waals surface area contributed by atoms with Crippen molar-refractivity contribution in [2.75, 3.05) is 6.61 Å². The Kier molecular flexibility index (Phi) is 6.02. The van der Waals surface area contributed by atoms with Crippen molar-refractivity contribution in [3.05, 3.63) is 0 Å². The van der Waals surface area contributed by atoms with Gasteiger partial charge in [0.05, 0.1) is 6.61 Å². The van der Waals surface area contributed by atoms with Crippen LogP contribution in [0.5, 0.6) is 0 Å². The van der Waals surface area contributed by atoms with E-state index in [0.29, 0.717) is 0 Å². The highest BCUT2D eigenvalue weighted by Crippen LogP contribution is 2.03. The molecule has 7 heteroatoms. The van der Waals surface area contributed by atoms with Crippen molar-refractivity contribution in [1.29, 1.82) is 0 Å². The summed E-state index contributed by atoms with van der Waals surface area (Å²) in [6.45, 7) is 0.377. The molecular formula is C8H15NO6. The van der Waals surface area contributed by atoms with E-state index >= 15 is 0 Å². The molecule has 0 radical (unpaired) electrons. The average Bonchev–Trinajstić information content (AvgIpc) is 2.22. The lowest BCUT2D eigenvalue weighted by Gasteiger charge is -2.25. The Morgan fingerprint density at radius 1 is 1.33 bits per heavy atom. The molecule has 1 amide bonds. The molecule has 0 aliphatic heterocycles. The number of hydrogen-bond acceptors (Lipinski definition) is 6. The molecule has 0 aliphatic rings. The van der Waals surface area contributed by atoms with Crippen LogP contribution < -0.4 is 5.32 Å². The van der Waals surface area contributed by atoms with Crippen molar-refractivity contribution in [2.24, 2.45) is 0 Å². The zero-order valence-electron chi connectivity index (χ0n) is 8.20. The van der Waals surface area contributed by atoms with Crippen LogP contribution in [0.4, 0.5) is 0 Å². The normalized spacial score (nSPS) is 18.7. The minimum atomic E-state index is -1.71. The molecule has 0 saturated heterocycles. The fraction of sp³-hybridized carbons (Fsp3) is 0.750. The maximum atomic E-state index is 10.6. The molecule has 0 aliphatic carbocycles. The molecule has 0 bridgehead atoms. The standard InChI is InChI=1S/C8H15NO6/c1-4(12)9-5(2-10)7(14)8(15)6(13)3-11/h2,5-8,11,13-15H,3H2,1H3,(H,9,12)/t5-,6+,7+,8+/m0/s1/i2+1,9+1. The Morgan fingerprint density at radius 3 is 2.20 bits per heavy atom. The number of hydrogen-bond donors (Lipinski definition) is 5. The van der Waals surface area contributed by atoms with Gasteiger partial charge in [0.15, 0.2) is 0 Å². The van der Waals surface area contributed by atoms with Crippen LogP contribution in [0.2, 0.25) is 0 Å². The minimum Gasteiger partial charge on any atom is -0.394 e. The van der Waals surface area contributed by atoms with Crippen LogP contribution in [0.15, 0.2) is 0 Å². The highest BCUT2D eigenvalue weighted by molar-refractivity contribution is 5.77. The van der Waals surface area contributed by atoms with E-state index in [0.717, 1.165) is 6.92 Å². The van der Waals surface area contributed by atoms with Crippen molar-refractivity contribution in [3.8, 4) is 0 Å². The van der Waals surface area contributed by atoms with Crippen LogP contribution in [-0.4, -0.2) is 63.6 Å². The van der Waals surface area contributed by atoms with Gasteiger partial charge in [-0.1, -0.05) is 0 Å². The summed E-state index contributed by atoms with van der Waals surface area (Å²) in [5.74, 6) is -0.558. The van der Waals surface area contributed by atoms with Crippen LogP contribution in [0.3, 0.4) is 0 Å². The van der Waals surface area contributed by atoms with Gasteiger partial charge < -0.3 is 30.5 Å². The van der Waals surface area contributed by atoms with Crippen LogP contribution in [-0.2, 0) is 9.59 Å². The first kappa shape index (κ1) is 14.0. The second-order valence-corrected chi connectivity index (χ2v) is 3.09. The zero-order valence-corrected chi connectivity index (χ0v) is 8.20. The maximum absolute atomic E-state index is 10.6. The van der Waals surface area contributed by atoms with E-state index in [4.69, 9.17) is 10.2 Å². The van der Waals surface area contributed by atoms with Crippen LogP contribution in [0.25, 0.3) is 0 Å². The number of nitrogens with one attached hydrogen (secondary N) is 1. The minimum absolute atomic E-state index is 0.235.